The van der Waals surface area contributed by atoms with Crippen LogP contribution >= 0.6 is 12.4 Å². The van der Waals surface area contributed by atoms with Gasteiger partial charge in [-0.3, -0.25) is 9.59 Å². The van der Waals surface area contributed by atoms with Crippen LogP contribution in [0, 0.1) is 19.8 Å². The number of benzene rings is 1. The SMILES string of the molecule is Cc1cccc(N2CC(C(=O)N(C)C3CCNCC3)CC2=O)c1C.Cl. The van der Waals surface area contributed by atoms with Gasteiger partial charge in [-0.1, -0.05) is 12.1 Å². The van der Waals surface area contributed by atoms with Crippen molar-refractivity contribution < 1.29 is 9.59 Å². The van der Waals surface area contributed by atoms with E-state index >= 15 is 0 Å². The number of hydrogen-bond donors (Lipinski definition) is 1. The average molecular weight is 366 g/mol. The maximum Gasteiger partial charge on any atom is 0.228 e. The van der Waals surface area contributed by atoms with E-state index in [-0.39, 0.29) is 30.1 Å². The number of rotatable bonds is 3. The molecule has 3 rings (SSSR count). The lowest BCUT2D eigenvalue weighted by molar-refractivity contribution is -0.137. The molecule has 138 valence electrons. The van der Waals surface area contributed by atoms with Crippen molar-refractivity contribution in [3.8, 4) is 0 Å². The fraction of sp³-hybridized carbons (Fsp3) is 0.579. The van der Waals surface area contributed by atoms with Crippen LogP contribution in [0.5, 0.6) is 0 Å². The molecule has 0 aliphatic carbocycles. The Hall–Kier alpha value is -1.59. The van der Waals surface area contributed by atoms with E-state index in [1.165, 1.54) is 5.56 Å². The molecule has 0 radical (unpaired) electrons. The van der Waals surface area contributed by atoms with Crippen molar-refractivity contribution in [2.45, 2.75) is 39.2 Å². The molecule has 1 atom stereocenters. The van der Waals surface area contributed by atoms with Gasteiger partial charge < -0.3 is 15.1 Å². The second-order valence-electron chi connectivity index (χ2n) is 7.05. The molecule has 0 spiro atoms. The lowest BCUT2D eigenvalue weighted by atomic mass is 10.0. The van der Waals surface area contributed by atoms with Gasteiger partial charge in [0.15, 0.2) is 0 Å². The molecule has 1 aromatic carbocycles. The van der Waals surface area contributed by atoms with Gasteiger partial charge in [-0.15, -0.1) is 12.4 Å². The Labute approximate surface area is 156 Å². The van der Waals surface area contributed by atoms with Gasteiger partial charge in [0.25, 0.3) is 0 Å². The molecule has 0 bridgehead atoms. The minimum absolute atomic E-state index is 0. The van der Waals surface area contributed by atoms with E-state index in [1.54, 1.807) is 4.90 Å². The van der Waals surface area contributed by atoms with Crippen LogP contribution in [0.2, 0.25) is 0 Å². The fourth-order valence-corrected chi connectivity index (χ4v) is 3.80. The van der Waals surface area contributed by atoms with Crippen LogP contribution in [0.3, 0.4) is 0 Å². The van der Waals surface area contributed by atoms with Gasteiger partial charge in [0, 0.05) is 31.7 Å². The Kier molecular flexibility index (Phi) is 6.47. The molecule has 2 aliphatic heterocycles. The molecule has 1 aromatic rings. The van der Waals surface area contributed by atoms with Crippen LogP contribution < -0.4 is 10.2 Å². The van der Waals surface area contributed by atoms with E-state index in [0.29, 0.717) is 19.0 Å². The highest BCUT2D eigenvalue weighted by Crippen LogP contribution is 2.30. The molecule has 6 heteroatoms. The smallest absolute Gasteiger partial charge is 0.228 e. The van der Waals surface area contributed by atoms with E-state index in [2.05, 4.69) is 5.32 Å². The Morgan fingerprint density at radius 3 is 2.60 bits per heavy atom. The van der Waals surface area contributed by atoms with Gasteiger partial charge in [0.05, 0.1) is 5.92 Å². The summed E-state index contributed by atoms with van der Waals surface area (Å²) in [7, 11) is 1.89. The van der Waals surface area contributed by atoms with Crippen molar-refractivity contribution in [1.29, 1.82) is 0 Å². The van der Waals surface area contributed by atoms with Gasteiger partial charge in [-0.25, -0.2) is 0 Å². The Morgan fingerprint density at radius 2 is 1.92 bits per heavy atom. The highest BCUT2D eigenvalue weighted by molar-refractivity contribution is 6.00. The zero-order chi connectivity index (χ0) is 17.3. The molecular formula is C19H28ClN3O2. The maximum absolute atomic E-state index is 12.8. The molecule has 0 saturated carbocycles. The summed E-state index contributed by atoms with van der Waals surface area (Å²) in [5.41, 5.74) is 3.23. The summed E-state index contributed by atoms with van der Waals surface area (Å²) in [5, 5.41) is 3.32. The number of piperidine rings is 1. The third kappa shape index (κ3) is 3.98. The zero-order valence-corrected chi connectivity index (χ0v) is 16.1. The van der Waals surface area contributed by atoms with Crippen LogP contribution in [-0.4, -0.2) is 49.4 Å². The van der Waals surface area contributed by atoms with Gasteiger partial charge in [-0.2, -0.15) is 0 Å². The monoisotopic (exact) mass is 365 g/mol. The summed E-state index contributed by atoms with van der Waals surface area (Å²) in [5.74, 6) is -0.0545. The molecule has 2 fully saturated rings. The lowest BCUT2D eigenvalue weighted by Gasteiger charge is -2.33. The highest BCUT2D eigenvalue weighted by atomic mass is 35.5. The van der Waals surface area contributed by atoms with Crippen molar-refractivity contribution in [1.82, 2.24) is 10.2 Å². The molecule has 0 aromatic heterocycles. The van der Waals surface area contributed by atoms with Crippen molar-refractivity contribution in [3.63, 3.8) is 0 Å². The molecule has 1 unspecified atom stereocenters. The number of carbonyl (C=O) groups is 2. The molecule has 2 saturated heterocycles. The molecule has 2 amide bonds. The van der Waals surface area contributed by atoms with E-state index < -0.39 is 0 Å². The third-order valence-electron chi connectivity index (χ3n) is 5.55. The van der Waals surface area contributed by atoms with Crippen molar-refractivity contribution in [2.75, 3.05) is 31.6 Å². The van der Waals surface area contributed by atoms with Gasteiger partial charge in [0.2, 0.25) is 11.8 Å². The predicted molar refractivity (Wildman–Crippen MR) is 102 cm³/mol. The summed E-state index contributed by atoms with van der Waals surface area (Å²) in [6.07, 6.45) is 2.30. The second-order valence-corrected chi connectivity index (χ2v) is 7.05. The summed E-state index contributed by atoms with van der Waals surface area (Å²) in [6, 6.07) is 6.29. The number of carbonyl (C=O) groups excluding carboxylic acids is 2. The van der Waals surface area contributed by atoms with Crippen LogP contribution in [0.1, 0.15) is 30.4 Å². The summed E-state index contributed by atoms with van der Waals surface area (Å²) in [4.78, 5) is 29.0. The maximum atomic E-state index is 12.8. The summed E-state index contributed by atoms with van der Waals surface area (Å²) < 4.78 is 0. The molecule has 2 aliphatic rings. The average Bonchev–Trinajstić information content (AvgIpc) is 2.98. The van der Waals surface area contributed by atoms with E-state index in [0.717, 1.165) is 37.2 Å². The van der Waals surface area contributed by atoms with Gasteiger partial charge in [0.1, 0.15) is 0 Å². The number of nitrogens with zero attached hydrogens (tertiary/aromatic N) is 2. The fourth-order valence-electron chi connectivity index (χ4n) is 3.80. The van der Waals surface area contributed by atoms with Crippen LogP contribution in [0.4, 0.5) is 5.69 Å². The first kappa shape index (κ1) is 19.7. The normalized spacial score (nSPS) is 21.2. The van der Waals surface area contributed by atoms with Crippen LogP contribution in [-0.2, 0) is 9.59 Å². The number of halogens is 1. The van der Waals surface area contributed by atoms with Crippen LogP contribution in [0.25, 0.3) is 0 Å². The first-order chi connectivity index (χ1) is 11.5. The minimum atomic E-state index is -0.225. The predicted octanol–water partition coefficient (Wildman–Crippen LogP) is 2.29. The molecule has 2 heterocycles. The number of hydrogen-bond acceptors (Lipinski definition) is 3. The largest absolute Gasteiger partial charge is 0.342 e. The number of aryl methyl sites for hydroxylation is 1. The Balaban J connectivity index is 0.00000225. The molecule has 5 nitrogen and oxygen atoms in total. The number of anilines is 1. The zero-order valence-electron chi connectivity index (χ0n) is 15.2. The van der Waals surface area contributed by atoms with Crippen molar-refractivity contribution in [3.05, 3.63) is 29.3 Å². The Morgan fingerprint density at radius 1 is 1.24 bits per heavy atom. The number of amides is 2. The topological polar surface area (TPSA) is 52.7 Å². The second kappa shape index (κ2) is 8.19. The van der Waals surface area contributed by atoms with Crippen LogP contribution in [0.15, 0.2) is 18.2 Å². The van der Waals surface area contributed by atoms with E-state index in [4.69, 9.17) is 0 Å². The minimum Gasteiger partial charge on any atom is -0.342 e. The van der Waals surface area contributed by atoms with Gasteiger partial charge in [-0.05, 0) is 57.0 Å². The third-order valence-corrected chi connectivity index (χ3v) is 5.55. The first-order valence-electron chi connectivity index (χ1n) is 8.83. The van der Waals surface area contributed by atoms with Crippen molar-refractivity contribution in [2.24, 2.45) is 5.92 Å². The highest BCUT2D eigenvalue weighted by Gasteiger charge is 2.38. The quantitative estimate of drug-likeness (QED) is 0.894. The molecule has 25 heavy (non-hydrogen) atoms. The summed E-state index contributed by atoms with van der Waals surface area (Å²) in [6.45, 7) is 6.50. The van der Waals surface area contributed by atoms with E-state index in [1.807, 2.05) is 44.0 Å². The first-order valence-corrected chi connectivity index (χ1v) is 8.83. The van der Waals surface area contributed by atoms with E-state index in [9.17, 15) is 9.59 Å². The Bertz CT molecular complexity index is 644. The molecular weight excluding hydrogens is 338 g/mol. The summed E-state index contributed by atoms with van der Waals surface area (Å²) >= 11 is 0. The number of nitrogens with one attached hydrogen (secondary N) is 1. The molecule has 1 N–H and O–H groups in total. The lowest BCUT2D eigenvalue weighted by Crippen LogP contribution is -2.46. The standard InChI is InChI=1S/C19H27N3O2.ClH/c1-13-5-4-6-17(14(13)2)22-12-15(11-18(22)23)19(24)21(3)16-7-9-20-10-8-16;/h4-6,15-16,20H,7-12H2,1-3H3;1H. The van der Waals surface area contributed by atoms with Crippen molar-refractivity contribution >= 4 is 29.9 Å². The van der Waals surface area contributed by atoms with Gasteiger partial charge >= 0.3 is 0 Å².